The summed E-state index contributed by atoms with van der Waals surface area (Å²) in [6, 6.07) is 0. The standard InChI is InChI=1S/C15H26O4S/c1-15-9-8-13(19-20(16,17)18)10-12(15)7-6-11-4-2-3-5-14(11)15/h11-14H,2-10H2,1H3,(H,16,17,18)/t11-,12-,13-,14?,15+/m1/s1. The first-order chi connectivity index (χ1) is 9.38. The van der Waals surface area contributed by atoms with E-state index < -0.39 is 10.4 Å². The topological polar surface area (TPSA) is 63.6 Å². The van der Waals surface area contributed by atoms with Gasteiger partial charge in [0.1, 0.15) is 0 Å². The van der Waals surface area contributed by atoms with Gasteiger partial charge in [-0.1, -0.05) is 26.2 Å². The van der Waals surface area contributed by atoms with Crippen molar-refractivity contribution in [1.82, 2.24) is 0 Å². The third-order valence-corrected chi connectivity index (χ3v) is 6.90. The van der Waals surface area contributed by atoms with Gasteiger partial charge in [-0.25, -0.2) is 4.18 Å². The van der Waals surface area contributed by atoms with Gasteiger partial charge in [-0.15, -0.1) is 0 Å². The molecule has 0 aromatic heterocycles. The molecule has 3 aliphatic carbocycles. The van der Waals surface area contributed by atoms with Crippen LogP contribution in [0, 0.1) is 23.2 Å². The van der Waals surface area contributed by atoms with Gasteiger partial charge in [-0.3, -0.25) is 4.55 Å². The van der Waals surface area contributed by atoms with Crippen LogP contribution < -0.4 is 0 Å². The number of hydrogen-bond donors (Lipinski definition) is 1. The molecule has 5 atom stereocenters. The van der Waals surface area contributed by atoms with Gasteiger partial charge in [0, 0.05) is 0 Å². The Morgan fingerprint density at radius 2 is 1.85 bits per heavy atom. The molecule has 0 aromatic carbocycles. The fraction of sp³-hybridized carbons (Fsp3) is 1.00. The molecule has 0 radical (unpaired) electrons. The van der Waals surface area contributed by atoms with E-state index in [9.17, 15) is 8.42 Å². The lowest BCUT2D eigenvalue weighted by Gasteiger charge is -2.56. The highest BCUT2D eigenvalue weighted by Gasteiger charge is 2.51. The molecule has 0 amide bonds. The second kappa shape index (κ2) is 5.25. The largest absolute Gasteiger partial charge is 0.397 e. The van der Waals surface area contributed by atoms with E-state index in [-0.39, 0.29) is 6.10 Å². The molecular weight excluding hydrogens is 276 g/mol. The van der Waals surface area contributed by atoms with Gasteiger partial charge in [0.25, 0.3) is 0 Å². The molecule has 0 spiro atoms. The highest BCUT2D eigenvalue weighted by atomic mass is 32.3. The number of hydrogen-bond acceptors (Lipinski definition) is 3. The van der Waals surface area contributed by atoms with Crippen LogP contribution in [0.2, 0.25) is 0 Å². The van der Waals surface area contributed by atoms with E-state index in [0.717, 1.165) is 31.1 Å². The molecule has 0 aromatic rings. The van der Waals surface area contributed by atoms with Crippen LogP contribution in [0.1, 0.15) is 64.7 Å². The molecule has 0 aliphatic heterocycles. The van der Waals surface area contributed by atoms with Gasteiger partial charge in [0.05, 0.1) is 6.10 Å². The zero-order chi connectivity index (χ0) is 14.4. The average molecular weight is 302 g/mol. The minimum Gasteiger partial charge on any atom is -0.264 e. The second-order valence-electron chi connectivity index (χ2n) is 7.35. The van der Waals surface area contributed by atoms with Crippen LogP contribution in [0.4, 0.5) is 0 Å². The summed E-state index contributed by atoms with van der Waals surface area (Å²) in [5.74, 6) is 2.27. The summed E-state index contributed by atoms with van der Waals surface area (Å²) in [7, 11) is -4.30. The van der Waals surface area contributed by atoms with Crippen molar-refractivity contribution in [3.8, 4) is 0 Å². The van der Waals surface area contributed by atoms with Crippen LogP contribution in [0.3, 0.4) is 0 Å². The van der Waals surface area contributed by atoms with Crippen LogP contribution in [0.15, 0.2) is 0 Å². The normalized spacial score (nSPS) is 45.5. The van der Waals surface area contributed by atoms with Crippen LogP contribution in [-0.2, 0) is 14.6 Å². The molecule has 3 aliphatic rings. The van der Waals surface area contributed by atoms with Gasteiger partial charge in [-0.2, -0.15) is 8.42 Å². The molecule has 0 bridgehead atoms. The molecule has 116 valence electrons. The fourth-order valence-electron chi connectivity index (χ4n) is 5.41. The summed E-state index contributed by atoms with van der Waals surface area (Å²) in [4.78, 5) is 0. The summed E-state index contributed by atoms with van der Waals surface area (Å²) in [6.07, 6.45) is 10.2. The van der Waals surface area contributed by atoms with Crippen molar-refractivity contribution < 1.29 is 17.2 Å². The third kappa shape index (κ3) is 2.77. The van der Waals surface area contributed by atoms with Crippen molar-refractivity contribution in [3.05, 3.63) is 0 Å². The summed E-state index contributed by atoms with van der Waals surface area (Å²) in [5, 5.41) is 0. The van der Waals surface area contributed by atoms with Gasteiger partial charge in [-0.05, 0) is 61.7 Å². The Balaban J connectivity index is 1.72. The molecular formula is C15H26O4S. The maximum Gasteiger partial charge on any atom is 0.397 e. The molecule has 5 heteroatoms. The monoisotopic (exact) mass is 302 g/mol. The Labute approximate surface area is 122 Å². The molecule has 3 saturated carbocycles. The average Bonchev–Trinajstić information content (AvgIpc) is 2.38. The first-order valence-corrected chi connectivity index (χ1v) is 9.41. The number of fused-ring (bicyclic) bond motifs is 3. The highest BCUT2D eigenvalue weighted by molar-refractivity contribution is 7.80. The second-order valence-corrected chi connectivity index (χ2v) is 8.40. The van der Waals surface area contributed by atoms with E-state index in [2.05, 4.69) is 6.92 Å². The van der Waals surface area contributed by atoms with E-state index in [1.54, 1.807) is 0 Å². The van der Waals surface area contributed by atoms with Crippen molar-refractivity contribution in [3.63, 3.8) is 0 Å². The first kappa shape index (κ1) is 14.8. The van der Waals surface area contributed by atoms with Crippen LogP contribution in [0.5, 0.6) is 0 Å². The molecule has 3 rings (SSSR count). The maximum atomic E-state index is 10.9. The maximum absolute atomic E-state index is 10.9. The van der Waals surface area contributed by atoms with E-state index >= 15 is 0 Å². The first-order valence-electron chi connectivity index (χ1n) is 8.04. The summed E-state index contributed by atoms with van der Waals surface area (Å²) in [6.45, 7) is 2.42. The fourth-order valence-corrected chi connectivity index (χ4v) is 5.93. The molecule has 1 unspecified atom stereocenters. The minimum atomic E-state index is -4.30. The van der Waals surface area contributed by atoms with Gasteiger partial charge < -0.3 is 0 Å². The lowest BCUT2D eigenvalue weighted by Crippen LogP contribution is -2.49. The molecule has 1 N–H and O–H groups in total. The zero-order valence-electron chi connectivity index (χ0n) is 12.3. The summed E-state index contributed by atoms with van der Waals surface area (Å²) >= 11 is 0. The minimum absolute atomic E-state index is 0.316. The van der Waals surface area contributed by atoms with Crippen LogP contribution >= 0.6 is 0 Å². The van der Waals surface area contributed by atoms with Gasteiger partial charge >= 0.3 is 10.4 Å². The molecule has 3 fully saturated rings. The molecule has 0 saturated heterocycles. The summed E-state index contributed by atoms with van der Waals surface area (Å²) in [5.41, 5.74) is 0.364. The van der Waals surface area contributed by atoms with E-state index in [0.29, 0.717) is 11.3 Å². The third-order valence-electron chi connectivity index (χ3n) is 6.38. The van der Waals surface area contributed by atoms with Gasteiger partial charge in [0.2, 0.25) is 0 Å². The Morgan fingerprint density at radius 1 is 1.10 bits per heavy atom. The van der Waals surface area contributed by atoms with Crippen molar-refractivity contribution >= 4 is 10.4 Å². The van der Waals surface area contributed by atoms with Gasteiger partial charge in [0.15, 0.2) is 0 Å². The lowest BCUT2D eigenvalue weighted by molar-refractivity contribution is -0.0793. The van der Waals surface area contributed by atoms with Crippen molar-refractivity contribution in [2.75, 3.05) is 0 Å². The highest BCUT2D eigenvalue weighted by Crippen LogP contribution is 2.59. The smallest absolute Gasteiger partial charge is 0.264 e. The Hall–Kier alpha value is -0.130. The van der Waals surface area contributed by atoms with E-state index in [4.69, 9.17) is 8.74 Å². The van der Waals surface area contributed by atoms with Crippen LogP contribution in [0.25, 0.3) is 0 Å². The van der Waals surface area contributed by atoms with Crippen molar-refractivity contribution in [2.45, 2.75) is 70.8 Å². The molecule has 4 nitrogen and oxygen atoms in total. The quantitative estimate of drug-likeness (QED) is 0.792. The number of rotatable bonds is 2. The van der Waals surface area contributed by atoms with Crippen LogP contribution in [-0.4, -0.2) is 19.1 Å². The van der Waals surface area contributed by atoms with E-state index in [1.807, 2.05) is 0 Å². The molecule has 20 heavy (non-hydrogen) atoms. The van der Waals surface area contributed by atoms with E-state index in [1.165, 1.54) is 38.5 Å². The predicted molar refractivity (Wildman–Crippen MR) is 76.6 cm³/mol. The van der Waals surface area contributed by atoms with Crippen molar-refractivity contribution in [1.29, 1.82) is 0 Å². The molecule has 0 heterocycles. The Kier molecular flexibility index (Phi) is 3.89. The predicted octanol–water partition coefficient (Wildman–Crippen LogP) is 3.58. The van der Waals surface area contributed by atoms with Crippen molar-refractivity contribution in [2.24, 2.45) is 23.2 Å². The summed E-state index contributed by atoms with van der Waals surface area (Å²) < 4.78 is 35.5. The lowest BCUT2D eigenvalue weighted by atomic mass is 9.49. The SMILES string of the molecule is C[C@]12CC[C@@H](OS(=O)(=O)O)C[C@H]1CC[C@H]1CCCCC12. The Bertz CT molecular complexity index is 460. The zero-order valence-corrected chi connectivity index (χ0v) is 13.1. The Morgan fingerprint density at radius 3 is 2.60 bits per heavy atom.